The summed E-state index contributed by atoms with van der Waals surface area (Å²) in [5, 5.41) is 24.1. The molecule has 112 valence electrons. The zero-order valence-corrected chi connectivity index (χ0v) is 12.7. The molecule has 0 saturated heterocycles. The van der Waals surface area contributed by atoms with Gasteiger partial charge in [0.15, 0.2) is 0 Å². The summed E-state index contributed by atoms with van der Waals surface area (Å²) < 4.78 is 0. The third-order valence-corrected chi connectivity index (χ3v) is 3.99. The van der Waals surface area contributed by atoms with Gasteiger partial charge in [-0.15, -0.1) is 10.2 Å². The van der Waals surface area contributed by atoms with Gasteiger partial charge in [-0.25, -0.2) is 0 Å². The summed E-state index contributed by atoms with van der Waals surface area (Å²) in [5.74, 6) is 0. The van der Waals surface area contributed by atoms with E-state index in [1.807, 2.05) is 0 Å². The number of aromatic nitrogens is 2. The van der Waals surface area contributed by atoms with Gasteiger partial charge in [0.25, 0.3) is 5.69 Å². The number of non-ortho nitro benzene ring substituents is 1. The van der Waals surface area contributed by atoms with Crippen molar-refractivity contribution in [1.29, 1.82) is 0 Å². The first-order chi connectivity index (χ1) is 10.2. The predicted molar refractivity (Wildman–Crippen MR) is 83.5 cm³/mol. The van der Waals surface area contributed by atoms with Crippen molar-refractivity contribution in [2.75, 3.05) is 13.1 Å². The van der Waals surface area contributed by atoms with E-state index in [1.54, 1.807) is 23.5 Å². The fourth-order valence-electron chi connectivity index (χ4n) is 1.86. The second-order valence-electron chi connectivity index (χ2n) is 4.66. The third kappa shape index (κ3) is 4.57. The normalized spacial score (nSPS) is 10.7. The highest BCUT2D eigenvalue weighted by Crippen LogP contribution is 2.25. The van der Waals surface area contributed by atoms with E-state index in [-0.39, 0.29) is 5.69 Å². The van der Waals surface area contributed by atoms with E-state index in [1.165, 1.54) is 12.1 Å². The molecule has 1 heterocycles. The number of benzene rings is 1. The Bertz CT molecular complexity index is 583. The topological polar surface area (TPSA) is 81.0 Å². The van der Waals surface area contributed by atoms with Gasteiger partial charge in [0.1, 0.15) is 10.0 Å². The Labute approximate surface area is 127 Å². The lowest BCUT2D eigenvalue weighted by atomic mass is 10.2. The molecule has 7 heteroatoms. The average Bonchev–Trinajstić information content (AvgIpc) is 2.96. The van der Waals surface area contributed by atoms with Crippen LogP contribution in [-0.4, -0.2) is 28.2 Å². The van der Waals surface area contributed by atoms with E-state index in [0.717, 1.165) is 47.9 Å². The van der Waals surface area contributed by atoms with Crippen LogP contribution < -0.4 is 5.32 Å². The van der Waals surface area contributed by atoms with E-state index < -0.39 is 4.92 Å². The Morgan fingerprint density at radius 1 is 1.24 bits per heavy atom. The van der Waals surface area contributed by atoms with Crippen LogP contribution in [-0.2, 0) is 6.42 Å². The first-order valence-electron chi connectivity index (χ1n) is 6.98. The van der Waals surface area contributed by atoms with Crippen molar-refractivity contribution in [3.05, 3.63) is 39.4 Å². The van der Waals surface area contributed by atoms with Gasteiger partial charge >= 0.3 is 0 Å². The molecule has 1 aromatic heterocycles. The second kappa shape index (κ2) is 7.80. The summed E-state index contributed by atoms with van der Waals surface area (Å²) in [6.07, 6.45) is 3.08. The molecular weight excluding hydrogens is 288 g/mol. The lowest BCUT2D eigenvalue weighted by molar-refractivity contribution is -0.384. The summed E-state index contributed by atoms with van der Waals surface area (Å²) in [4.78, 5) is 10.2. The fraction of sp³-hybridized carbons (Fsp3) is 0.429. The largest absolute Gasteiger partial charge is 0.317 e. The van der Waals surface area contributed by atoms with Crippen LogP contribution >= 0.6 is 11.3 Å². The van der Waals surface area contributed by atoms with Crippen LogP contribution in [0.4, 0.5) is 5.69 Å². The Morgan fingerprint density at radius 3 is 2.67 bits per heavy atom. The molecule has 0 aliphatic carbocycles. The lowest BCUT2D eigenvalue weighted by Gasteiger charge is -1.99. The Hall–Kier alpha value is -1.86. The van der Waals surface area contributed by atoms with Crippen molar-refractivity contribution in [3.63, 3.8) is 0 Å². The monoisotopic (exact) mass is 306 g/mol. The maximum Gasteiger partial charge on any atom is 0.269 e. The number of hydrogen-bond donors (Lipinski definition) is 1. The minimum absolute atomic E-state index is 0.0884. The van der Waals surface area contributed by atoms with Crippen molar-refractivity contribution >= 4 is 17.0 Å². The fourth-order valence-corrected chi connectivity index (χ4v) is 2.75. The van der Waals surface area contributed by atoms with Crippen LogP contribution in [0.1, 0.15) is 24.8 Å². The molecule has 0 bridgehead atoms. The summed E-state index contributed by atoms with van der Waals surface area (Å²) in [6, 6.07) is 6.41. The number of nitrogens with one attached hydrogen (secondary N) is 1. The van der Waals surface area contributed by atoms with Crippen LogP contribution in [0.25, 0.3) is 10.6 Å². The smallest absolute Gasteiger partial charge is 0.269 e. The highest BCUT2D eigenvalue weighted by atomic mass is 32.1. The van der Waals surface area contributed by atoms with Crippen molar-refractivity contribution in [3.8, 4) is 10.6 Å². The maximum atomic E-state index is 10.6. The van der Waals surface area contributed by atoms with E-state index in [2.05, 4.69) is 22.4 Å². The van der Waals surface area contributed by atoms with E-state index >= 15 is 0 Å². The zero-order chi connectivity index (χ0) is 15.1. The quantitative estimate of drug-likeness (QED) is 0.460. The van der Waals surface area contributed by atoms with Crippen molar-refractivity contribution in [2.45, 2.75) is 26.2 Å². The van der Waals surface area contributed by atoms with Crippen LogP contribution in [0.5, 0.6) is 0 Å². The summed E-state index contributed by atoms with van der Waals surface area (Å²) in [6.45, 7) is 4.18. The van der Waals surface area contributed by atoms with E-state index in [9.17, 15) is 10.1 Å². The molecule has 0 fully saturated rings. The SMILES string of the molecule is CCCNCCCc1nnc(-c2ccc([N+](=O)[O-])cc2)s1. The number of hydrogen-bond acceptors (Lipinski definition) is 6. The Kier molecular flexibility index (Phi) is 5.77. The zero-order valence-electron chi connectivity index (χ0n) is 11.9. The van der Waals surface area contributed by atoms with Crippen molar-refractivity contribution < 1.29 is 4.92 Å². The predicted octanol–water partition coefficient (Wildman–Crippen LogP) is 3.05. The number of nitro groups is 1. The van der Waals surface area contributed by atoms with Gasteiger partial charge in [0.05, 0.1) is 4.92 Å². The van der Waals surface area contributed by atoms with Gasteiger partial charge in [-0.1, -0.05) is 18.3 Å². The molecule has 0 unspecified atom stereocenters. The Balaban J connectivity index is 1.91. The molecule has 0 amide bonds. The second-order valence-corrected chi connectivity index (χ2v) is 5.72. The summed E-state index contributed by atoms with van der Waals surface area (Å²) >= 11 is 1.54. The van der Waals surface area contributed by atoms with E-state index in [0.29, 0.717) is 0 Å². The van der Waals surface area contributed by atoms with Crippen LogP contribution in [0.3, 0.4) is 0 Å². The average molecular weight is 306 g/mol. The van der Waals surface area contributed by atoms with Gasteiger partial charge < -0.3 is 5.32 Å². The standard InChI is InChI=1S/C14H18N4O2S/c1-2-9-15-10-3-4-13-16-17-14(21-13)11-5-7-12(8-6-11)18(19)20/h5-8,15H,2-4,9-10H2,1H3. The van der Waals surface area contributed by atoms with E-state index in [4.69, 9.17) is 0 Å². The molecule has 0 spiro atoms. The minimum atomic E-state index is -0.404. The molecule has 1 aromatic carbocycles. The van der Waals surface area contributed by atoms with Crippen LogP contribution in [0.15, 0.2) is 24.3 Å². The highest BCUT2D eigenvalue weighted by Gasteiger charge is 2.09. The number of nitro benzene ring substituents is 1. The molecule has 6 nitrogen and oxygen atoms in total. The van der Waals surface area contributed by atoms with Crippen LogP contribution in [0.2, 0.25) is 0 Å². The first-order valence-corrected chi connectivity index (χ1v) is 7.80. The minimum Gasteiger partial charge on any atom is -0.317 e. The molecule has 2 rings (SSSR count). The van der Waals surface area contributed by atoms with Gasteiger partial charge in [-0.05, 0) is 38.1 Å². The molecule has 2 aromatic rings. The van der Waals surface area contributed by atoms with Crippen LogP contribution in [0, 0.1) is 10.1 Å². The van der Waals surface area contributed by atoms with Crippen molar-refractivity contribution in [2.24, 2.45) is 0 Å². The molecule has 1 N–H and O–H groups in total. The van der Waals surface area contributed by atoms with Gasteiger partial charge in [0, 0.05) is 24.1 Å². The van der Waals surface area contributed by atoms with Crippen molar-refractivity contribution in [1.82, 2.24) is 15.5 Å². The highest BCUT2D eigenvalue weighted by molar-refractivity contribution is 7.14. The molecular formula is C14H18N4O2S. The summed E-state index contributed by atoms with van der Waals surface area (Å²) in [5.41, 5.74) is 0.957. The third-order valence-electron chi connectivity index (χ3n) is 2.96. The van der Waals surface area contributed by atoms with Gasteiger partial charge in [-0.2, -0.15) is 0 Å². The molecule has 0 atom stereocenters. The molecule has 0 aliphatic heterocycles. The maximum absolute atomic E-state index is 10.6. The summed E-state index contributed by atoms with van der Waals surface area (Å²) in [7, 11) is 0. The first kappa shape index (κ1) is 15.5. The number of rotatable bonds is 8. The Morgan fingerprint density at radius 2 is 2.00 bits per heavy atom. The lowest BCUT2D eigenvalue weighted by Crippen LogP contribution is -2.16. The molecule has 0 radical (unpaired) electrons. The van der Waals surface area contributed by atoms with Gasteiger partial charge in [-0.3, -0.25) is 10.1 Å². The number of aryl methyl sites for hydroxylation is 1. The van der Waals surface area contributed by atoms with Gasteiger partial charge in [0.2, 0.25) is 0 Å². The molecule has 21 heavy (non-hydrogen) atoms. The molecule has 0 saturated carbocycles. The number of nitrogens with zero attached hydrogens (tertiary/aromatic N) is 3. The molecule has 0 aliphatic rings.